The van der Waals surface area contributed by atoms with E-state index in [1.54, 1.807) is 0 Å². The number of anilines is 2. The lowest BCUT2D eigenvalue weighted by atomic mass is 10.1. The number of aromatic nitrogens is 4. The van der Waals surface area contributed by atoms with Crippen molar-refractivity contribution in [2.45, 2.75) is 39.2 Å². The van der Waals surface area contributed by atoms with Crippen LogP contribution in [0.25, 0.3) is 0 Å². The molecule has 27 heavy (non-hydrogen) atoms. The fraction of sp³-hybridized carbons (Fsp3) is 0.400. The van der Waals surface area contributed by atoms with Crippen LogP contribution in [0, 0.1) is 13.8 Å². The third-order valence-corrected chi connectivity index (χ3v) is 4.75. The van der Waals surface area contributed by atoms with Gasteiger partial charge in [0.25, 0.3) is 0 Å². The quantitative estimate of drug-likeness (QED) is 0.745. The average Bonchev–Trinajstić information content (AvgIpc) is 3.09. The van der Waals surface area contributed by atoms with Gasteiger partial charge in [0.15, 0.2) is 5.82 Å². The molecule has 0 bridgehead atoms. The summed E-state index contributed by atoms with van der Waals surface area (Å²) in [4.78, 5) is 15.7. The minimum absolute atomic E-state index is 0.344. The van der Waals surface area contributed by atoms with Crippen LogP contribution in [0.15, 0.2) is 40.9 Å². The first-order chi connectivity index (χ1) is 13.2. The van der Waals surface area contributed by atoms with Gasteiger partial charge >= 0.3 is 6.01 Å². The van der Waals surface area contributed by atoms with Crippen molar-refractivity contribution < 1.29 is 4.52 Å². The molecule has 0 radical (unpaired) electrons. The van der Waals surface area contributed by atoms with Crippen LogP contribution in [0.5, 0.6) is 0 Å². The second-order valence-electron chi connectivity index (χ2n) is 7.02. The highest BCUT2D eigenvalue weighted by atomic mass is 16.5. The maximum Gasteiger partial charge on any atom is 0.324 e. The van der Waals surface area contributed by atoms with Crippen LogP contribution in [-0.2, 0) is 6.42 Å². The van der Waals surface area contributed by atoms with Crippen molar-refractivity contribution in [1.82, 2.24) is 20.1 Å². The van der Waals surface area contributed by atoms with Crippen molar-refractivity contribution in [1.29, 1.82) is 0 Å². The molecule has 140 valence electrons. The molecule has 7 nitrogen and oxygen atoms in total. The summed E-state index contributed by atoms with van der Waals surface area (Å²) in [6, 6.07) is 13.4. The minimum Gasteiger partial charge on any atom is -0.351 e. The standard InChI is InChI=1S/C20H24N6O/c1-14-12-18(13-16-6-4-3-5-7-16)24-19(21-14)23-17-8-10-26(11-9-17)20-22-15(2)25-27-20/h3-7,12,17H,8-11,13H2,1-2H3,(H,21,23,24). The Morgan fingerprint density at radius 1 is 1.07 bits per heavy atom. The van der Waals surface area contributed by atoms with Gasteiger partial charge in [-0.15, -0.1) is 0 Å². The van der Waals surface area contributed by atoms with Gasteiger partial charge in [-0.05, 0) is 38.3 Å². The normalized spacial score (nSPS) is 15.1. The second-order valence-corrected chi connectivity index (χ2v) is 7.02. The summed E-state index contributed by atoms with van der Waals surface area (Å²) in [5, 5.41) is 7.38. The maximum atomic E-state index is 5.27. The van der Waals surface area contributed by atoms with Gasteiger partial charge in [-0.2, -0.15) is 4.98 Å². The predicted molar refractivity (Wildman–Crippen MR) is 104 cm³/mol. The Kier molecular flexibility index (Phi) is 5.00. The molecule has 7 heteroatoms. The zero-order valence-electron chi connectivity index (χ0n) is 15.7. The number of benzene rings is 1. The summed E-state index contributed by atoms with van der Waals surface area (Å²) in [6.07, 6.45) is 2.77. The van der Waals surface area contributed by atoms with E-state index in [2.05, 4.69) is 55.7 Å². The molecular weight excluding hydrogens is 340 g/mol. The zero-order valence-corrected chi connectivity index (χ0v) is 15.7. The van der Waals surface area contributed by atoms with Gasteiger partial charge in [-0.1, -0.05) is 35.5 Å². The van der Waals surface area contributed by atoms with Crippen molar-refractivity contribution in [3.63, 3.8) is 0 Å². The third-order valence-electron chi connectivity index (χ3n) is 4.75. The van der Waals surface area contributed by atoms with Crippen molar-refractivity contribution in [3.8, 4) is 0 Å². The van der Waals surface area contributed by atoms with Crippen LogP contribution in [-0.4, -0.2) is 39.2 Å². The van der Waals surface area contributed by atoms with Gasteiger partial charge in [0.2, 0.25) is 5.95 Å². The maximum absolute atomic E-state index is 5.27. The monoisotopic (exact) mass is 364 g/mol. The van der Waals surface area contributed by atoms with E-state index in [1.807, 2.05) is 19.9 Å². The third kappa shape index (κ3) is 4.42. The van der Waals surface area contributed by atoms with E-state index in [0.717, 1.165) is 43.7 Å². The summed E-state index contributed by atoms with van der Waals surface area (Å²) < 4.78 is 5.27. The molecule has 0 saturated carbocycles. The predicted octanol–water partition coefficient (Wildman–Crippen LogP) is 3.15. The van der Waals surface area contributed by atoms with E-state index in [1.165, 1.54) is 5.56 Å². The van der Waals surface area contributed by atoms with Crippen LogP contribution < -0.4 is 10.2 Å². The summed E-state index contributed by atoms with van der Waals surface area (Å²) in [7, 11) is 0. The fourth-order valence-corrected chi connectivity index (χ4v) is 3.41. The molecule has 1 fully saturated rings. The SMILES string of the molecule is Cc1cc(Cc2ccccc2)nc(NC2CCN(c3nc(C)no3)CC2)n1. The first-order valence-corrected chi connectivity index (χ1v) is 9.36. The summed E-state index contributed by atoms with van der Waals surface area (Å²) >= 11 is 0. The van der Waals surface area contributed by atoms with Crippen LogP contribution in [0.4, 0.5) is 12.0 Å². The molecule has 1 aliphatic rings. The highest BCUT2D eigenvalue weighted by Crippen LogP contribution is 2.20. The Labute approximate surface area is 158 Å². The molecule has 1 aromatic carbocycles. The number of nitrogens with one attached hydrogen (secondary N) is 1. The highest BCUT2D eigenvalue weighted by molar-refractivity contribution is 5.33. The molecule has 1 aliphatic heterocycles. The molecule has 0 atom stereocenters. The van der Waals surface area contributed by atoms with E-state index in [9.17, 15) is 0 Å². The second kappa shape index (κ2) is 7.73. The van der Waals surface area contributed by atoms with Gasteiger partial charge in [-0.3, -0.25) is 0 Å². The molecule has 4 rings (SSSR count). The minimum atomic E-state index is 0.344. The number of nitrogens with zero attached hydrogens (tertiary/aromatic N) is 5. The molecule has 1 N–H and O–H groups in total. The van der Waals surface area contributed by atoms with E-state index in [-0.39, 0.29) is 0 Å². The molecule has 3 heterocycles. The number of rotatable bonds is 5. The number of hydrogen-bond donors (Lipinski definition) is 1. The first kappa shape index (κ1) is 17.5. The Morgan fingerprint density at radius 3 is 2.56 bits per heavy atom. The smallest absolute Gasteiger partial charge is 0.324 e. The van der Waals surface area contributed by atoms with Gasteiger partial charge < -0.3 is 14.7 Å². The Morgan fingerprint density at radius 2 is 1.85 bits per heavy atom. The van der Waals surface area contributed by atoms with Crippen molar-refractivity contribution in [3.05, 3.63) is 59.2 Å². The van der Waals surface area contributed by atoms with E-state index in [4.69, 9.17) is 9.51 Å². The van der Waals surface area contributed by atoms with Crippen molar-refractivity contribution in [2.75, 3.05) is 23.3 Å². The van der Waals surface area contributed by atoms with Crippen LogP contribution in [0.1, 0.15) is 35.6 Å². The molecule has 0 amide bonds. The summed E-state index contributed by atoms with van der Waals surface area (Å²) in [5.41, 5.74) is 3.27. The molecule has 3 aromatic rings. The van der Waals surface area contributed by atoms with Gasteiger partial charge in [0.05, 0.1) is 5.69 Å². The number of piperidine rings is 1. The average molecular weight is 364 g/mol. The Balaban J connectivity index is 1.38. The van der Waals surface area contributed by atoms with Crippen molar-refractivity contribution in [2.24, 2.45) is 0 Å². The fourth-order valence-electron chi connectivity index (χ4n) is 3.41. The summed E-state index contributed by atoms with van der Waals surface area (Å²) in [6.45, 7) is 5.61. The molecular formula is C20H24N6O. The molecule has 0 spiro atoms. The Bertz CT molecular complexity index is 886. The first-order valence-electron chi connectivity index (χ1n) is 9.36. The summed E-state index contributed by atoms with van der Waals surface area (Å²) in [5.74, 6) is 1.39. The molecule has 2 aromatic heterocycles. The van der Waals surface area contributed by atoms with E-state index >= 15 is 0 Å². The van der Waals surface area contributed by atoms with Crippen molar-refractivity contribution >= 4 is 12.0 Å². The lowest BCUT2D eigenvalue weighted by Gasteiger charge is -2.31. The van der Waals surface area contributed by atoms with Crippen LogP contribution >= 0.6 is 0 Å². The lowest BCUT2D eigenvalue weighted by Crippen LogP contribution is -2.39. The van der Waals surface area contributed by atoms with E-state index in [0.29, 0.717) is 23.8 Å². The lowest BCUT2D eigenvalue weighted by molar-refractivity contribution is 0.393. The number of hydrogen-bond acceptors (Lipinski definition) is 7. The highest BCUT2D eigenvalue weighted by Gasteiger charge is 2.23. The Hall–Kier alpha value is -2.96. The van der Waals surface area contributed by atoms with Gasteiger partial charge in [0, 0.05) is 31.2 Å². The van der Waals surface area contributed by atoms with Gasteiger partial charge in [0.1, 0.15) is 0 Å². The molecule has 0 aliphatic carbocycles. The topological polar surface area (TPSA) is 80.0 Å². The zero-order chi connectivity index (χ0) is 18.6. The number of aryl methyl sites for hydroxylation is 2. The van der Waals surface area contributed by atoms with Crippen LogP contribution in [0.3, 0.4) is 0 Å². The molecule has 1 saturated heterocycles. The van der Waals surface area contributed by atoms with E-state index < -0.39 is 0 Å². The van der Waals surface area contributed by atoms with Gasteiger partial charge in [-0.25, -0.2) is 9.97 Å². The molecule has 0 unspecified atom stereocenters. The van der Waals surface area contributed by atoms with Crippen LogP contribution in [0.2, 0.25) is 0 Å². The largest absolute Gasteiger partial charge is 0.351 e.